The minimum absolute atomic E-state index is 0.563. The number of methoxy groups -OCH3 is 1. The van der Waals surface area contributed by atoms with Crippen LogP contribution in [-0.4, -0.2) is 42.0 Å². The van der Waals surface area contributed by atoms with Crippen LogP contribution in [0.1, 0.15) is 5.56 Å². The fourth-order valence-corrected chi connectivity index (χ4v) is 1.24. The monoisotopic (exact) mass is 266 g/mol. The molecule has 1 aromatic rings. The molecule has 2 N–H and O–H groups in total. The molecule has 0 aliphatic carbocycles. The zero-order valence-corrected chi connectivity index (χ0v) is 10.3. The number of carbonyl (C=O) groups is 2. The standard InChI is InChI=1S/C13H14O6/c1-18-11-5-3-2-4-9(11)6-7-12(16)19-13(17)10(15)8-14/h2-7,10,14-15H,8H2,1H3/b7-6+. The van der Waals surface area contributed by atoms with Gasteiger partial charge in [0.2, 0.25) is 0 Å². The van der Waals surface area contributed by atoms with E-state index >= 15 is 0 Å². The van der Waals surface area contributed by atoms with E-state index in [-0.39, 0.29) is 0 Å². The number of para-hydroxylation sites is 1. The van der Waals surface area contributed by atoms with Crippen LogP contribution in [0.2, 0.25) is 0 Å². The number of hydrogen-bond donors (Lipinski definition) is 2. The summed E-state index contributed by atoms with van der Waals surface area (Å²) >= 11 is 0. The molecule has 19 heavy (non-hydrogen) atoms. The molecule has 0 fully saturated rings. The lowest BCUT2D eigenvalue weighted by atomic mass is 10.2. The molecule has 0 radical (unpaired) electrons. The smallest absolute Gasteiger partial charge is 0.345 e. The van der Waals surface area contributed by atoms with Crippen LogP contribution >= 0.6 is 0 Å². The highest BCUT2D eigenvalue weighted by Gasteiger charge is 2.17. The second-order valence-corrected chi connectivity index (χ2v) is 3.51. The van der Waals surface area contributed by atoms with Crippen LogP contribution in [0.4, 0.5) is 0 Å². The third-order valence-electron chi connectivity index (χ3n) is 2.18. The largest absolute Gasteiger partial charge is 0.496 e. The summed E-state index contributed by atoms with van der Waals surface area (Å²) in [7, 11) is 1.49. The Morgan fingerprint density at radius 2 is 2.05 bits per heavy atom. The molecule has 6 nitrogen and oxygen atoms in total. The molecule has 0 aromatic heterocycles. The predicted octanol–water partition coefficient (Wildman–Crippen LogP) is 0.131. The van der Waals surface area contributed by atoms with Gasteiger partial charge in [0.25, 0.3) is 0 Å². The first-order valence-electron chi connectivity index (χ1n) is 5.44. The average Bonchev–Trinajstić information content (AvgIpc) is 2.44. The van der Waals surface area contributed by atoms with Crippen LogP contribution in [0.5, 0.6) is 5.75 Å². The van der Waals surface area contributed by atoms with Gasteiger partial charge in [0.1, 0.15) is 5.75 Å². The van der Waals surface area contributed by atoms with Gasteiger partial charge in [0.15, 0.2) is 6.10 Å². The van der Waals surface area contributed by atoms with Gasteiger partial charge in [-0.15, -0.1) is 0 Å². The summed E-state index contributed by atoms with van der Waals surface area (Å²) < 4.78 is 9.35. The highest BCUT2D eigenvalue weighted by molar-refractivity contribution is 5.96. The Hall–Kier alpha value is -2.18. The van der Waals surface area contributed by atoms with E-state index in [1.807, 2.05) is 0 Å². The molecule has 1 rings (SSSR count). The molecule has 6 heteroatoms. The summed E-state index contributed by atoms with van der Waals surface area (Å²) in [5, 5.41) is 17.4. The molecule has 0 spiro atoms. The maximum Gasteiger partial charge on any atom is 0.345 e. The number of benzene rings is 1. The predicted molar refractivity (Wildman–Crippen MR) is 66.2 cm³/mol. The average molecular weight is 266 g/mol. The first-order chi connectivity index (χ1) is 9.08. The molecule has 1 aromatic carbocycles. The number of carbonyl (C=O) groups excluding carboxylic acids is 2. The molecule has 102 valence electrons. The van der Waals surface area contributed by atoms with Crippen molar-refractivity contribution >= 4 is 18.0 Å². The first-order valence-corrected chi connectivity index (χ1v) is 5.44. The van der Waals surface area contributed by atoms with Gasteiger partial charge >= 0.3 is 11.9 Å². The minimum Gasteiger partial charge on any atom is -0.496 e. The summed E-state index contributed by atoms with van der Waals surface area (Å²) in [6, 6.07) is 6.96. The van der Waals surface area contributed by atoms with Crippen LogP contribution < -0.4 is 4.74 Å². The van der Waals surface area contributed by atoms with Crippen LogP contribution in [-0.2, 0) is 14.3 Å². The fraction of sp³-hybridized carbons (Fsp3) is 0.231. The molecule has 0 saturated heterocycles. The van der Waals surface area contributed by atoms with Gasteiger partial charge < -0.3 is 19.7 Å². The molecule has 0 saturated carbocycles. The van der Waals surface area contributed by atoms with Gasteiger partial charge in [-0.25, -0.2) is 9.59 Å². The second-order valence-electron chi connectivity index (χ2n) is 3.51. The second kappa shape index (κ2) is 7.30. The third-order valence-corrected chi connectivity index (χ3v) is 2.18. The van der Waals surface area contributed by atoms with Crippen molar-refractivity contribution in [2.45, 2.75) is 6.10 Å². The molecule has 1 atom stereocenters. The van der Waals surface area contributed by atoms with Crippen molar-refractivity contribution in [3.63, 3.8) is 0 Å². The lowest BCUT2D eigenvalue weighted by Crippen LogP contribution is -2.28. The van der Waals surface area contributed by atoms with Crippen molar-refractivity contribution in [3.05, 3.63) is 35.9 Å². The van der Waals surface area contributed by atoms with E-state index in [4.69, 9.17) is 14.9 Å². The maximum absolute atomic E-state index is 11.3. The Morgan fingerprint density at radius 1 is 1.37 bits per heavy atom. The summed E-state index contributed by atoms with van der Waals surface area (Å²) in [6.45, 7) is -0.803. The number of hydrogen-bond acceptors (Lipinski definition) is 6. The molecule has 0 heterocycles. The Morgan fingerprint density at radius 3 is 2.68 bits per heavy atom. The zero-order valence-electron chi connectivity index (χ0n) is 10.3. The van der Waals surface area contributed by atoms with Crippen molar-refractivity contribution < 1.29 is 29.3 Å². The van der Waals surface area contributed by atoms with E-state index in [9.17, 15) is 9.59 Å². The van der Waals surface area contributed by atoms with Crippen molar-refractivity contribution in [1.29, 1.82) is 0 Å². The van der Waals surface area contributed by atoms with Crippen LogP contribution in [0.3, 0.4) is 0 Å². The van der Waals surface area contributed by atoms with Crippen LogP contribution in [0.25, 0.3) is 6.08 Å². The fourth-order valence-electron chi connectivity index (χ4n) is 1.24. The van der Waals surface area contributed by atoms with Crippen LogP contribution in [0, 0.1) is 0 Å². The molecule has 0 aliphatic rings. The molecular weight excluding hydrogens is 252 g/mol. The van der Waals surface area contributed by atoms with Gasteiger partial charge in [-0.2, -0.15) is 0 Å². The normalized spacial score (nSPS) is 12.2. The van der Waals surface area contributed by atoms with E-state index < -0.39 is 24.6 Å². The molecule has 0 bridgehead atoms. The van der Waals surface area contributed by atoms with Gasteiger partial charge in [-0.05, 0) is 12.1 Å². The van der Waals surface area contributed by atoms with E-state index in [1.165, 1.54) is 13.2 Å². The quantitative estimate of drug-likeness (QED) is 0.447. The van der Waals surface area contributed by atoms with Gasteiger partial charge in [0.05, 0.1) is 13.7 Å². The Balaban J connectivity index is 2.66. The number of aliphatic hydroxyl groups excluding tert-OH is 2. The Labute approximate surface area is 109 Å². The lowest BCUT2D eigenvalue weighted by Gasteiger charge is -2.05. The third kappa shape index (κ3) is 4.53. The molecule has 1 unspecified atom stereocenters. The summed E-state index contributed by atoms with van der Waals surface area (Å²) in [5.41, 5.74) is 0.636. The van der Waals surface area contributed by atoms with Gasteiger partial charge in [-0.3, -0.25) is 0 Å². The van der Waals surface area contributed by atoms with Crippen molar-refractivity contribution in [3.8, 4) is 5.75 Å². The van der Waals surface area contributed by atoms with E-state index in [1.54, 1.807) is 24.3 Å². The zero-order chi connectivity index (χ0) is 14.3. The summed E-state index contributed by atoms with van der Waals surface area (Å²) in [6.07, 6.45) is 0.725. The lowest BCUT2D eigenvalue weighted by molar-refractivity contribution is -0.164. The number of ether oxygens (including phenoxy) is 2. The molecule has 0 amide bonds. The molecular formula is C13H14O6. The highest BCUT2D eigenvalue weighted by atomic mass is 16.6. The van der Waals surface area contributed by atoms with E-state index in [2.05, 4.69) is 4.74 Å². The highest BCUT2D eigenvalue weighted by Crippen LogP contribution is 2.18. The van der Waals surface area contributed by atoms with E-state index in [0.717, 1.165) is 6.08 Å². The van der Waals surface area contributed by atoms with Crippen molar-refractivity contribution in [2.75, 3.05) is 13.7 Å². The SMILES string of the molecule is COc1ccccc1/C=C/C(=O)OC(=O)C(O)CO. The Kier molecular flexibility index (Phi) is 5.72. The number of rotatable bonds is 5. The molecule has 0 aliphatic heterocycles. The Bertz CT molecular complexity index is 480. The van der Waals surface area contributed by atoms with Crippen molar-refractivity contribution in [2.24, 2.45) is 0 Å². The summed E-state index contributed by atoms with van der Waals surface area (Å²) in [5.74, 6) is -1.58. The first kappa shape index (κ1) is 14.9. The summed E-state index contributed by atoms with van der Waals surface area (Å²) in [4.78, 5) is 22.3. The number of aliphatic hydroxyl groups is 2. The van der Waals surface area contributed by atoms with E-state index in [0.29, 0.717) is 11.3 Å². The van der Waals surface area contributed by atoms with Gasteiger partial charge in [-0.1, -0.05) is 18.2 Å². The van der Waals surface area contributed by atoms with Crippen LogP contribution in [0.15, 0.2) is 30.3 Å². The van der Waals surface area contributed by atoms with Crippen molar-refractivity contribution in [1.82, 2.24) is 0 Å². The number of esters is 2. The maximum atomic E-state index is 11.3. The minimum atomic E-state index is -1.72. The topological polar surface area (TPSA) is 93.1 Å². The van der Waals surface area contributed by atoms with Gasteiger partial charge in [0, 0.05) is 11.6 Å².